The fourth-order valence-corrected chi connectivity index (χ4v) is 5.54. The van der Waals surface area contributed by atoms with Gasteiger partial charge in [0.1, 0.15) is 0 Å². The molecular weight excluding hydrogens is 390 g/mol. The summed E-state index contributed by atoms with van der Waals surface area (Å²) in [6, 6.07) is 12.0. The van der Waals surface area contributed by atoms with Crippen LogP contribution < -0.4 is 5.56 Å². The molecule has 2 fully saturated rings. The van der Waals surface area contributed by atoms with E-state index in [1.165, 1.54) is 0 Å². The van der Waals surface area contributed by atoms with Gasteiger partial charge in [-0.3, -0.25) is 9.59 Å². The monoisotopic (exact) mass is 421 g/mol. The lowest BCUT2D eigenvalue weighted by Crippen LogP contribution is -2.52. The highest BCUT2D eigenvalue weighted by Crippen LogP contribution is 2.37. The Hall–Kier alpha value is -2.47. The first kappa shape index (κ1) is 20.4. The van der Waals surface area contributed by atoms with Crippen molar-refractivity contribution in [2.75, 3.05) is 26.3 Å². The van der Waals surface area contributed by atoms with Crippen molar-refractivity contribution in [2.45, 2.75) is 56.9 Å². The maximum atomic E-state index is 13.7. The Labute approximate surface area is 183 Å². The molecule has 164 valence electrons. The van der Waals surface area contributed by atoms with Gasteiger partial charge >= 0.3 is 0 Å². The first-order chi connectivity index (χ1) is 15.2. The fraction of sp³-hybridized carbons (Fsp3) is 0.560. The van der Waals surface area contributed by atoms with Crippen molar-refractivity contribution < 1.29 is 9.53 Å². The van der Waals surface area contributed by atoms with E-state index in [9.17, 15) is 9.59 Å². The van der Waals surface area contributed by atoms with Crippen LogP contribution in [0.3, 0.4) is 0 Å². The number of hydrogen-bond acceptors (Lipinski definition) is 4. The number of benzene rings is 1. The number of carbonyl (C=O) groups excluding carboxylic acids is 1. The van der Waals surface area contributed by atoms with Gasteiger partial charge in [-0.2, -0.15) is 5.10 Å². The molecule has 0 unspecified atom stereocenters. The maximum absolute atomic E-state index is 13.7. The third-order valence-corrected chi connectivity index (χ3v) is 7.44. The predicted octanol–water partition coefficient (Wildman–Crippen LogP) is 2.72. The Balaban J connectivity index is 1.27. The van der Waals surface area contributed by atoms with E-state index in [1.54, 1.807) is 10.7 Å². The molecule has 5 rings (SSSR count). The van der Waals surface area contributed by atoms with Gasteiger partial charge in [0, 0.05) is 38.9 Å². The number of carbonyl (C=O) groups is 1. The summed E-state index contributed by atoms with van der Waals surface area (Å²) >= 11 is 0. The summed E-state index contributed by atoms with van der Waals surface area (Å²) in [6.45, 7) is 3.41. The molecule has 3 heterocycles. The quantitative estimate of drug-likeness (QED) is 0.762. The molecule has 31 heavy (non-hydrogen) atoms. The molecule has 2 saturated heterocycles. The van der Waals surface area contributed by atoms with Gasteiger partial charge in [0.2, 0.25) is 5.91 Å². The van der Waals surface area contributed by atoms with Gasteiger partial charge in [-0.15, -0.1) is 0 Å². The van der Waals surface area contributed by atoms with Crippen molar-refractivity contribution in [3.8, 4) is 0 Å². The van der Waals surface area contributed by atoms with Crippen molar-refractivity contribution in [1.82, 2.24) is 14.7 Å². The van der Waals surface area contributed by atoms with Crippen LogP contribution >= 0.6 is 0 Å². The molecular formula is C25H31N3O3. The summed E-state index contributed by atoms with van der Waals surface area (Å²) < 4.78 is 7.26. The van der Waals surface area contributed by atoms with Crippen LogP contribution in [0, 0.1) is 5.92 Å². The highest BCUT2D eigenvalue weighted by atomic mass is 16.5. The Bertz CT molecular complexity index is 987. The van der Waals surface area contributed by atoms with Gasteiger partial charge in [-0.05, 0) is 62.0 Å². The third kappa shape index (κ3) is 3.93. The molecule has 0 bridgehead atoms. The summed E-state index contributed by atoms with van der Waals surface area (Å²) in [7, 11) is 0. The average molecular weight is 422 g/mol. The molecule has 6 heteroatoms. The first-order valence-corrected chi connectivity index (χ1v) is 11.7. The summed E-state index contributed by atoms with van der Waals surface area (Å²) in [5.74, 6) is 0.629. The maximum Gasteiger partial charge on any atom is 0.267 e. The zero-order valence-electron chi connectivity index (χ0n) is 18.1. The minimum absolute atomic E-state index is 0.0180. The lowest BCUT2D eigenvalue weighted by molar-refractivity contribution is -0.142. The number of ether oxygens (including phenoxy) is 1. The molecule has 0 atom stereocenters. The van der Waals surface area contributed by atoms with Gasteiger partial charge in [0.15, 0.2) is 0 Å². The SMILES string of the molecule is O=C(N1CCC(Cn2nc3c(cc2=O)CCC3)CC1)C1(c2ccccc2)CCOCC1. The number of piperidine rings is 1. The zero-order chi connectivity index (χ0) is 21.3. The summed E-state index contributed by atoms with van der Waals surface area (Å²) in [4.78, 5) is 28.2. The standard InChI is InChI=1S/C25H31N3O3/c29-23-17-20-5-4-8-22(20)26-28(23)18-19-9-13-27(14-10-19)24(30)25(11-15-31-16-12-25)21-6-2-1-3-7-21/h1-3,6-7,17,19H,4-5,8-16,18H2. The van der Waals surface area contributed by atoms with Crippen LogP contribution in [0.4, 0.5) is 0 Å². The van der Waals surface area contributed by atoms with E-state index < -0.39 is 5.41 Å². The molecule has 2 aromatic rings. The summed E-state index contributed by atoms with van der Waals surface area (Å²) in [5, 5.41) is 4.63. The highest BCUT2D eigenvalue weighted by Gasteiger charge is 2.44. The molecule has 1 aromatic heterocycles. The van der Waals surface area contributed by atoms with Crippen molar-refractivity contribution in [3.63, 3.8) is 0 Å². The second kappa shape index (κ2) is 8.58. The zero-order valence-corrected chi connectivity index (χ0v) is 18.1. The number of amides is 1. The Morgan fingerprint density at radius 1 is 1.10 bits per heavy atom. The van der Waals surface area contributed by atoms with Crippen LogP contribution in [-0.4, -0.2) is 46.9 Å². The predicted molar refractivity (Wildman–Crippen MR) is 118 cm³/mol. The minimum atomic E-state index is -0.467. The molecule has 0 radical (unpaired) electrons. The second-order valence-corrected chi connectivity index (χ2v) is 9.29. The van der Waals surface area contributed by atoms with Gasteiger partial charge in [0.05, 0.1) is 11.1 Å². The Kier molecular flexibility index (Phi) is 5.65. The lowest BCUT2D eigenvalue weighted by atomic mass is 9.72. The molecule has 6 nitrogen and oxygen atoms in total. The summed E-state index contributed by atoms with van der Waals surface area (Å²) in [5.41, 5.74) is 2.88. The Morgan fingerprint density at radius 3 is 2.58 bits per heavy atom. The topological polar surface area (TPSA) is 64.4 Å². The molecule has 0 saturated carbocycles. The van der Waals surface area contributed by atoms with Crippen LogP contribution in [0.2, 0.25) is 0 Å². The van der Waals surface area contributed by atoms with Crippen molar-refractivity contribution in [1.29, 1.82) is 0 Å². The lowest BCUT2D eigenvalue weighted by Gasteiger charge is -2.42. The van der Waals surface area contributed by atoms with E-state index >= 15 is 0 Å². The van der Waals surface area contributed by atoms with Crippen molar-refractivity contribution >= 4 is 5.91 Å². The Morgan fingerprint density at radius 2 is 1.84 bits per heavy atom. The van der Waals surface area contributed by atoms with Gasteiger partial charge < -0.3 is 9.64 Å². The molecule has 2 aliphatic heterocycles. The van der Waals surface area contributed by atoms with E-state index in [1.807, 2.05) is 23.1 Å². The van der Waals surface area contributed by atoms with Crippen LogP contribution in [0.1, 0.15) is 48.9 Å². The molecule has 3 aliphatic rings. The van der Waals surface area contributed by atoms with E-state index in [0.29, 0.717) is 25.7 Å². The normalized spacial score (nSPS) is 21.1. The van der Waals surface area contributed by atoms with Crippen LogP contribution in [0.15, 0.2) is 41.2 Å². The van der Waals surface area contributed by atoms with Crippen LogP contribution in [0.5, 0.6) is 0 Å². The largest absolute Gasteiger partial charge is 0.381 e. The number of rotatable bonds is 4. The number of likely N-dealkylation sites (tertiary alicyclic amines) is 1. The smallest absolute Gasteiger partial charge is 0.267 e. The number of aryl methyl sites for hydroxylation is 2. The highest BCUT2D eigenvalue weighted by molar-refractivity contribution is 5.88. The van der Waals surface area contributed by atoms with E-state index in [2.05, 4.69) is 17.2 Å². The summed E-state index contributed by atoms with van der Waals surface area (Å²) in [6.07, 6.45) is 6.37. The van der Waals surface area contributed by atoms with Crippen LogP contribution in [0.25, 0.3) is 0 Å². The van der Waals surface area contributed by atoms with Gasteiger partial charge in [-0.1, -0.05) is 30.3 Å². The number of aromatic nitrogens is 2. The van der Waals surface area contributed by atoms with E-state index in [0.717, 1.165) is 74.9 Å². The van der Waals surface area contributed by atoms with E-state index in [-0.39, 0.29) is 11.5 Å². The van der Waals surface area contributed by atoms with Gasteiger partial charge in [-0.25, -0.2) is 4.68 Å². The molecule has 1 amide bonds. The first-order valence-electron chi connectivity index (χ1n) is 11.7. The van der Waals surface area contributed by atoms with Gasteiger partial charge in [0.25, 0.3) is 5.56 Å². The number of hydrogen-bond donors (Lipinski definition) is 0. The van der Waals surface area contributed by atoms with Crippen molar-refractivity contribution in [3.05, 3.63) is 63.6 Å². The molecule has 1 aromatic carbocycles. The minimum Gasteiger partial charge on any atom is -0.381 e. The van der Waals surface area contributed by atoms with Crippen molar-refractivity contribution in [2.24, 2.45) is 5.92 Å². The molecule has 0 N–H and O–H groups in total. The third-order valence-electron chi connectivity index (χ3n) is 7.44. The number of nitrogens with zero attached hydrogens (tertiary/aromatic N) is 3. The van der Waals surface area contributed by atoms with E-state index in [4.69, 9.17) is 4.74 Å². The average Bonchev–Trinajstić information content (AvgIpc) is 3.27. The number of fused-ring (bicyclic) bond motifs is 1. The molecule has 1 aliphatic carbocycles. The fourth-order valence-electron chi connectivity index (χ4n) is 5.54. The second-order valence-electron chi connectivity index (χ2n) is 9.29. The van der Waals surface area contributed by atoms with Crippen LogP contribution in [-0.2, 0) is 34.3 Å². The molecule has 0 spiro atoms.